The van der Waals surface area contributed by atoms with E-state index in [4.69, 9.17) is 0 Å². The zero-order valence-corrected chi connectivity index (χ0v) is 13.9. The molecular formula is C20H30N2. The van der Waals surface area contributed by atoms with Crippen LogP contribution >= 0.6 is 0 Å². The highest BCUT2D eigenvalue weighted by atomic mass is 14.9. The van der Waals surface area contributed by atoms with Crippen molar-refractivity contribution in [1.29, 1.82) is 0 Å². The standard InChI is InChI=1S/C20H30N2/c1-14(19-13-16-4-6-17(19)12-16)21-10-8-15-5-7-20-18(11-15)3-2-9-22-20/h5,7,11,14,16-17,19,21-22H,2-4,6,8-10,12-13H2,1H3. The number of rotatable bonds is 5. The predicted molar refractivity (Wildman–Crippen MR) is 93.4 cm³/mol. The second-order valence-electron chi connectivity index (χ2n) is 7.85. The normalized spacial score (nSPS) is 30.9. The van der Waals surface area contributed by atoms with Gasteiger partial charge in [0.15, 0.2) is 0 Å². The lowest BCUT2D eigenvalue weighted by Gasteiger charge is -2.28. The maximum Gasteiger partial charge on any atom is 0.0372 e. The molecule has 4 atom stereocenters. The highest BCUT2D eigenvalue weighted by Crippen LogP contribution is 2.49. The van der Waals surface area contributed by atoms with E-state index >= 15 is 0 Å². The van der Waals surface area contributed by atoms with Crippen LogP contribution in [0.15, 0.2) is 18.2 Å². The molecule has 0 radical (unpaired) electrons. The third-order valence-corrected chi connectivity index (χ3v) is 6.42. The van der Waals surface area contributed by atoms with E-state index in [0.717, 1.165) is 30.8 Å². The number of hydrogen-bond acceptors (Lipinski definition) is 2. The van der Waals surface area contributed by atoms with E-state index in [1.54, 1.807) is 0 Å². The maximum atomic E-state index is 3.82. The Balaban J connectivity index is 1.28. The van der Waals surface area contributed by atoms with Gasteiger partial charge in [0.1, 0.15) is 0 Å². The molecule has 0 saturated heterocycles. The summed E-state index contributed by atoms with van der Waals surface area (Å²) >= 11 is 0. The van der Waals surface area contributed by atoms with E-state index in [1.807, 2.05) is 0 Å². The van der Waals surface area contributed by atoms with Crippen molar-refractivity contribution >= 4 is 5.69 Å². The largest absolute Gasteiger partial charge is 0.385 e. The van der Waals surface area contributed by atoms with Crippen molar-refractivity contribution in [2.75, 3.05) is 18.4 Å². The van der Waals surface area contributed by atoms with Crippen LogP contribution in [0.25, 0.3) is 0 Å². The molecule has 1 aromatic rings. The minimum Gasteiger partial charge on any atom is -0.385 e. The Morgan fingerprint density at radius 1 is 1.27 bits per heavy atom. The SMILES string of the molecule is CC(NCCc1ccc2c(c1)CCCN2)C1CC2CCC1C2. The van der Waals surface area contributed by atoms with Gasteiger partial charge in [-0.15, -0.1) is 0 Å². The highest BCUT2D eigenvalue weighted by Gasteiger charge is 2.41. The Morgan fingerprint density at radius 2 is 2.23 bits per heavy atom. The first kappa shape index (κ1) is 14.6. The van der Waals surface area contributed by atoms with Crippen LogP contribution in [0.5, 0.6) is 0 Å². The third-order valence-electron chi connectivity index (χ3n) is 6.42. The molecule has 0 aromatic heterocycles. The van der Waals surface area contributed by atoms with Crippen molar-refractivity contribution in [2.24, 2.45) is 17.8 Å². The molecule has 120 valence electrons. The average molecular weight is 298 g/mol. The van der Waals surface area contributed by atoms with Crippen LogP contribution in [0, 0.1) is 17.8 Å². The third kappa shape index (κ3) is 2.90. The number of nitrogens with one attached hydrogen (secondary N) is 2. The summed E-state index contributed by atoms with van der Waals surface area (Å²) in [7, 11) is 0. The summed E-state index contributed by atoms with van der Waals surface area (Å²) in [5.41, 5.74) is 4.37. The molecule has 3 aliphatic rings. The van der Waals surface area contributed by atoms with Crippen molar-refractivity contribution in [3.8, 4) is 0 Å². The fraction of sp³-hybridized carbons (Fsp3) is 0.700. The molecule has 1 aliphatic heterocycles. The molecular weight excluding hydrogens is 268 g/mol. The average Bonchev–Trinajstić information content (AvgIpc) is 3.18. The summed E-state index contributed by atoms with van der Waals surface area (Å²) in [6.07, 6.45) is 9.70. The molecule has 0 spiro atoms. The summed E-state index contributed by atoms with van der Waals surface area (Å²) < 4.78 is 0. The second-order valence-corrected chi connectivity index (χ2v) is 7.85. The Bertz CT molecular complexity index is 524. The van der Waals surface area contributed by atoms with Gasteiger partial charge in [-0.2, -0.15) is 0 Å². The summed E-state index contributed by atoms with van der Waals surface area (Å²) in [5, 5.41) is 7.32. The summed E-state index contributed by atoms with van der Waals surface area (Å²) in [6, 6.07) is 7.71. The van der Waals surface area contributed by atoms with E-state index in [1.165, 1.54) is 61.8 Å². The van der Waals surface area contributed by atoms with E-state index in [2.05, 4.69) is 35.8 Å². The lowest BCUT2D eigenvalue weighted by Crippen LogP contribution is -2.37. The Labute approximate surface area is 135 Å². The molecule has 4 unspecified atom stereocenters. The molecule has 2 heteroatoms. The molecule has 2 fully saturated rings. The minimum atomic E-state index is 0.703. The quantitative estimate of drug-likeness (QED) is 0.858. The number of fused-ring (bicyclic) bond motifs is 3. The van der Waals surface area contributed by atoms with Gasteiger partial charge in [0.25, 0.3) is 0 Å². The smallest absolute Gasteiger partial charge is 0.0372 e. The van der Waals surface area contributed by atoms with Crippen molar-refractivity contribution in [3.05, 3.63) is 29.3 Å². The lowest BCUT2D eigenvalue weighted by atomic mass is 9.84. The highest BCUT2D eigenvalue weighted by molar-refractivity contribution is 5.54. The molecule has 1 aromatic carbocycles. The topological polar surface area (TPSA) is 24.1 Å². The van der Waals surface area contributed by atoms with E-state index < -0.39 is 0 Å². The van der Waals surface area contributed by atoms with Crippen LogP contribution in [0.4, 0.5) is 5.69 Å². The van der Waals surface area contributed by atoms with Gasteiger partial charge >= 0.3 is 0 Å². The van der Waals surface area contributed by atoms with Gasteiger partial charge in [-0.3, -0.25) is 0 Å². The van der Waals surface area contributed by atoms with Crippen LogP contribution in [-0.2, 0) is 12.8 Å². The van der Waals surface area contributed by atoms with E-state index in [-0.39, 0.29) is 0 Å². The van der Waals surface area contributed by atoms with Crippen LogP contribution in [0.3, 0.4) is 0 Å². The fourth-order valence-corrected chi connectivity index (χ4v) is 5.19. The molecule has 2 N–H and O–H groups in total. The summed E-state index contributed by atoms with van der Waals surface area (Å²) in [5.74, 6) is 3.04. The van der Waals surface area contributed by atoms with E-state index in [9.17, 15) is 0 Å². The zero-order chi connectivity index (χ0) is 14.9. The van der Waals surface area contributed by atoms with Crippen molar-refractivity contribution < 1.29 is 0 Å². The van der Waals surface area contributed by atoms with Crippen molar-refractivity contribution in [3.63, 3.8) is 0 Å². The molecule has 0 amide bonds. The fourth-order valence-electron chi connectivity index (χ4n) is 5.19. The van der Waals surface area contributed by atoms with Gasteiger partial charge in [-0.25, -0.2) is 0 Å². The zero-order valence-electron chi connectivity index (χ0n) is 13.9. The molecule has 2 nitrogen and oxygen atoms in total. The van der Waals surface area contributed by atoms with Crippen LogP contribution < -0.4 is 10.6 Å². The predicted octanol–water partition coefficient (Wildman–Crippen LogP) is 4.00. The number of aryl methyl sites for hydroxylation is 1. The Kier molecular flexibility index (Phi) is 4.13. The van der Waals surface area contributed by atoms with Gasteiger partial charge in [0, 0.05) is 18.3 Å². The lowest BCUT2D eigenvalue weighted by molar-refractivity contribution is 0.261. The number of hydrogen-bond donors (Lipinski definition) is 2. The van der Waals surface area contributed by atoms with Crippen LogP contribution in [-0.4, -0.2) is 19.1 Å². The van der Waals surface area contributed by atoms with Gasteiger partial charge in [-0.1, -0.05) is 18.6 Å². The first-order chi connectivity index (χ1) is 10.8. The maximum absolute atomic E-state index is 3.82. The van der Waals surface area contributed by atoms with Gasteiger partial charge in [-0.05, 0) is 86.9 Å². The molecule has 2 aliphatic carbocycles. The first-order valence-corrected chi connectivity index (χ1v) is 9.38. The molecule has 1 heterocycles. The Morgan fingerprint density at radius 3 is 3.05 bits per heavy atom. The molecule has 22 heavy (non-hydrogen) atoms. The molecule has 2 saturated carbocycles. The van der Waals surface area contributed by atoms with Gasteiger partial charge in [0.2, 0.25) is 0 Å². The Hall–Kier alpha value is -1.02. The monoisotopic (exact) mass is 298 g/mol. The molecule has 2 bridgehead atoms. The molecule has 4 rings (SSSR count). The van der Waals surface area contributed by atoms with Crippen LogP contribution in [0.2, 0.25) is 0 Å². The second kappa shape index (κ2) is 6.23. The van der Waals surface area contributed by atoms with E-state index in [0.29, 0.717) is 6.04 Å². The van der Waals surface area contributed by atoms with Crippen molar-refractivity contribution in [2.45, 2.75) is 57.9 Å². The summed E-state index contributed by atoms with van der Waals surface area (Å²) in [6.45, 7) is 4.68. The number of benzene rings is 1. The van der Waals surface area contributed by atoms with Crippen molar-refractivity contribution in [1.82, 2.24) is 5.32 Å². The minimum absolute atomic E-state index is 0.703. The summed E-state index contributed by atoms with van der Waals surface area (Å²) in [4.78, 5) is 0. The number of anilines is 1. The van der Waals surface area contributed by atoms with Crippen LogP contribution in [0.1, 0.15) is 50.2 Å². The van der Waals surface area contributed by atoms with Gasteiger partial charge < -0.3 is 10.6 Å². The first-order valence-electron chi connectivity index (χ1n) is 9.38. The van der Waals surface area contributed by atoms with Gasteiger partial charge in [0.05, 0.1) is 0 Å².